The second-order valence-corrected chi connectivity index (χ2v) is 4.49. The standard InChI is InChI=1S/C11H22N2/c1-2-7-13(11-8-12-9-11)10-5-3-4-6-10/h10-12H,2-9H2,1H3. The van der Waals surface area contributed by atoms with Gasteiger partial charge in [-0.3, -0.25) is 4.90 Å². The van der Waals surface area contributed by atoms with Crippen molar-refractivity contribution in [3.8, 4) is 0 Å². The molecular formula is C11H22N2. The minimum atomic E-state index is 0.864. The predicted molar refractivity (Wildman–Crippen MR) is 55.9 cm³/mol. The van der Waals surface area contributed by atoms with E-state index < -0.39 is 0 Å². The van der Waals surface area contributed by atoms with Crippen molar-refractivity contribution in [2.75, 3.05) is 19.6 Å². The first kappa shape index (κ1) is 9.47. The lowest BCUT2D eigenvalue weighted by Gasteiger charge is -2.41. The molecule has 1 heterocycles. The van der Waals surface area contributed by atoms with E-state index in [1.165, 1.54) is 51.7 Å². The van der Waals surface area contributed by atoms with Crippen LogP contribution in [-0.2, 0) is 0 Å². The number of nitrogens with one attached hydrogen (secondary N) is 1. The summed E-state index contributed by atoms with van der Waals surface area (Å²) in [5.74, 6) is 0. The highest BCUT2D eigenvalue weighted by molar-refractivity contribution is 4.89. The first-order valence-electron chi connectivity index (χ1n) is 5.88. The van der Waals surface area contributed by atoms with Crippen LogP contribution in [0.2, 0.25) is 0 Å². The van der Waals surface area contributed by atoms with E-state index >= 15 is 0 Å². The summed E-state index contributed by atoms with van der Waals surface area (Å²) < 4.78 is 0. The van der Waals surface area contributed by atoms with E-state index in [1.807, 2.05) is 0 Å². The molecule has 0 aromatic heterocycles. The normalized spacial score (nSPS) is 25.4. The van der Waals surface area contributed by atoms with Gasteiger partial charge in [0.15, 0.2) is 0 Å². The fourth-order valence-electron chi connectivity index (χ4n) is 2.67. The van der Waals surface area contributed by atoms with Gasteiger partial charge in [0.25, 0.3) is 0 Å². The Labute approximate surface area is 81.7 Å². The molecule has 0 aromatic carbocycles. The first-order valence-corrected chi connectivity index (χ1v) is 5.88. The molecule has 0 aromatic rings. The fourth-order valence-corrected chi connectivity index (χ4v) is 2.67. The summed E-state index contributed by atoms with van der Waals surface area (Å²) in [6.07, 6.45) is 7.15. The molecule has 0 radical (unpaired) electrons. The van der Waals surface area contributed by atoms with Crippen molar-refractivity contribution >= 4 is 0 Å². The Morgan fingerprint density at radius 2 is 1.85 bits per heavy atom. The lowest BCUT2D eigenvalue weighted by molar-refractivity contribution is 0.0970. The molecule has 0 atom stereocenters. The van der Waals surface area contributed by atoms with Crippen molar-refractivity contribution in [1.29, 1.82) is 0 Å². The molecule has 0 unspecified atom stereocenters. The highest BCUT2D eigenvalue weighted by atomic mass is 15.3. The van der Waals surface area contributed by atoms with Crippen molar-refractivity contribution in [2.45, 2.75) is 51.1 Å². The summed E-state index contributed by atoms with van der Waals surface area (Å²) >= 11 is 0. The Kier molecular flexibility index (Phi) is 3.23. The van der Waals surface area contributed by atoms with Crippen LogP contribution in [0.4, 0.5) is 0 Å². The summed E-state index contributed by atoms with van der Waals surface area (Å²) in [5.41, 5.74) is 0. The van der Waals surface area contributed by atoms with Gasteiger partial charge in [-0.2, -0.15) is 0 Å². The average Bonchev–Trinajstić information content (AvgIpc) is 2.51. The Balaban J connectivity index is 1.86. The lowest BCUT2D eigenvalue weighted by atomic mass is 10.1. The van der Waals surface area contributed by atoms with E-state index in [2.05, 4.69) is 17.1 Å². The summed E-state index contributed by atoms with van der Waals surface area (Å²) in [7, 11) is 0. The number of rotatable bonds is 4. The van der Waals surface area contributed by atoms with Gasteiger partial charge in [0, 0.05) is 25.2 Å². The quantitative estimate of drug-likeness (QED) is 0.710. The van der Waals surface area contributed by atoms with E-state index in [0.29, 0.717) is 0 Å². The number of hydrogen-bond donors (Lipinski definition) is 1. The molecule has 2 rings (SSSR count). The minimum Gasteiger partial charge on any atom is -0.314 e. The van der Waals surface area contributed by atoms with Gasteiger partial charge in [-0.1, -0.05) is 19.8 Å². The molecule has 0 spiro atoms. The molecule has 2 nitrogen and oxygen atoms in total. The summed E-state index contributed by atoms with van der Waals surface area (Å²) in [6.45, 7) is 6.08. The number of hydrogen-bond acceptors (Lipinski definition) is 2. The maximum absolute atomic E-state index is 3.38. The molecule has 1 aliphatic heterocycles. The van der Waals surface area contributed by atoms with Crippen molar-refractivity contribution in [3.05, 3.63) is 0 Å². The lowest BCUT2D eigenvalue weighted by Crippen LogP contribution is -2.59. The van der Waals surface area contributed by atoms with Gasteiger partial charge in [0.05, 0.1) is 0 Å². The summed E-state index contributed by atoms with van der Waals surface area (Å²) in [5, 5.41) is 3.38. The molecule has 1 saturated carbocycles. The Morgan fingerprint density at radius 1 is 1.15 bits per heavy atom. The minimum absolute atomic E-state index is 0.864. The average molecular weight is 182 g/mol. The Bertz CT molecular complexity index is 148. The molecule has 76 valence electrons. The molecule has 0 amide bonds. The second-order valence-electron chi connectivity index (χ2n) is 4.49. The van der Waals surface area contributed by atoms with E-state index in [1.54, 1.807) is 0 Å². The van der Waals surface area contributed by atoms with Gasteiger partial charge in [0.1, 0.15) is 0 Å². The van der Waals surface area contributed by atoms with Crippen LogP contribution in [0, 0.1) is 0 Å². The van der Waals surface area contributed by atoms with Gasteiger partial charge in [-0.25, -0.2) is 0 Å². The van der Waals surface area contributed by atoms with Crippen LogP contribution >= 0.6 is 0 Å². The third kappa shape index (κ3) is 2.05. The molecule has 1 N–H and O–H groups in total. The van der Waals surface area contributed by atoms with E-state index in [9.17, 15) is 0 Å². The number of nitrogens with zero attached hydrogens (tertiary/aromatic N) is 1. The summed E-state index contributed by atoms with van der Waals surface area (Å²) in [4.78, 5) is 2.77. The van der Waals surface area contributed by atoms with Crippen LogP contribution in [0.5, 0.6) is 0 Å². The van der Waals surface area contributed by atoms with E-state index in [4.69, 9.17) is 0 Å². The molecular weight excluding hydrogens is 160 g/mol. The van der Waals surface area contributed by atoms with Crippen LogP contribution in [0.1, 0.15) is 39.0 Å². The predicted octanol–water partition coefficient (Wildman–Crippen LogP) is 1.61. The molecule has 1 aliphatic carbocycles. The smallest absolute Gasteiger partial charge is 0.0348 e. The fraction of sp³-hybridized carbons (Fsp3) is 1.00. The van der Waals surface area contributed by atoms with E-state index in [0.717, 1.165) is 12.1 Å². The van der Waals surface area contributed by atoms with Crippen LogP contribution in [0.3, 0.4) is 0 Å². The molecule has 0 bridgehead atoms. The third-order valence-corrected chi connectivity index (χ3v) is 3.50. The van der Waals surface area contributed by atoms with Gasteiger partial charge in [0.2, 0.25) is 0 Å². The zero-order chi connectivity index (χ0) is 9.10. The Hall–Kier alpha value is -0.0800. The van der Waals surface area contributed by atoms with Crippen LogP contribution in [0.25, 0.3) is 0 Å². The molecule has 2 fully saturated rings. The SMILES string of the molecule is CCCN(C1CCCC1)C1CNC1. The maximum Gasteiger partial charge on any atom is 0.0348 e. The zero-order valence-corrected chi connectivity index (χ0v) is 8.76. The molecule has 2 aliphatic rings. The van der Waals surface area contributed by atoms with Gasteiger partial charge in [-0.15, -0.1) is 0 Å². The monoisotopic (exact) mass is 182 g/mol. The Morgan fingerprint density at radius 3 is 2.31 bits per heavy atom. The van der Waals surface area contributed by atoms with Gasteiger partial charge in [-0.05, 0) is 25.8 Å². The topological polar surface area (TPSA) is 15.3 Å². The third-order valence-electron chi connectivity index (χ3n) is 3.50. The van der Waals surface area contributed by atoms with Gasteiger partial charge >= 0.3 is 0 Å². The summed E-state index contributed by atoms with van der Waals surface area (Å²) in [6, 6.07) is 1.79. The van der Waals surface area contributed by atoms with Crippen LogP contribution in [-0.4, -0.2) is 36.6 Å². The second kappa shape index (κ2) is 4.43. The van der Waals surface area contributed by atoms with Crippen molar-refractivity contribution in [3.63, 3.8) is 0 Å². The largest absolute Gasteiger partial charge is 0.314 e. The zero-order valence-electron chi connectivity index (χ0n) is 8.76. The maximum atomic E-state index is 3.38. The van der Waals surface area contributed by atoms with Crippen molar-refractivity contribution in [2.24, 2.45) is 0 Å². The van der Waals surface area contributed by atoms with Crippen molar-refractivity contribution in [1.82, 2.24) is 10.2 Å². The molecule has 13 heavy (non-hydrogen) atoms. The highest BCUT2D eigenvalue weighted by Crippen LogP contribution is 2.26. The van der Waals surface area contributed by atoms with Crippen LogP contribution in [0.15, 0.2) is 0 Å². The van der Waals surface area contributed by atoms with Crippen molar-refractivity contribution < 1.29 is 0 Å². The van der Waals surface area contributed by atoms with E-state index in [-0.39, 0.29) is 0 Å². The molecule has 1 saturated heterocycles. The highest BCUT2D eigenvalue weighted by Gasteiger charge is 2.30. The first-order chi connectivity index (χ1) is 6.42. The van der Waals surface area contributed by atoms with Gasteiger partial charge < -0.3 is 5.32 Å². The molecule has 2 heteroatoms. The van der Waals surface area contributed by atoms with Crippen LogP contribution < -0.4 is 5.32 Å².